The fourth-order valence-electron chi connectivity index (χ4n) is 3.08. The highest BCUT2D eigenvalue weighted by Crippen LogP contribution is 2.23. The lowest BCUT2D eigenvalue weighted by Crippen LogP contribution is -2.48. The second-order valence-electron chi connectivity index (χ2n) is 7.77. The number of hydrogen-bond acceptors (Lipinski definition) is 7. The smallest absolute Gasteiger partial charge is 0.410 e. The molecule has 1 aromatic heterocycles. The number of nitro benzene ring substituents is 1. The Kier molecular flexibility index (Phi) is 5.62. The minimum atomic E-state index is -0.549. The maximum atomic E-state index is 12.5. The van der Waals surface area contributed by atoms with Gasteiger partial charge in [-0.15, -0.1) is 0 Å². The van der Waals surface area contributed by atoms with Crippen molar-refractivity contribution in [1.82, 2.24) is 14.9 Å². The zero-order valence-electron chi connectivity index (χ0n) is 16.3. The SMILES string of the molecule is CC(C)(C)OC(=O)N1CCCC[C@H]1COc1cnc2cc([N+](=O)[O-])ccc2n1. The minimum absolute atomic E-state index is 0.0364. The fraction of sp³-hybridized carbons (Fsp3) is 0.526. The normalized spacial score (nSPS) is 17.4. The van der Waals surface area contributed by atoms with E-state index >= 15 is 0 Å². The molecule has 9 nitrogen and oxygen atoms in total. The average molecular weight is 388 g/mol. The second-order valence-corrected chi connectivity index (χ2v) is 7.77. The molecule has 0 saturated carbocycles. The highest BCUT2D eigenvalue weighted by atomic mass is 16.6. The maximum Gasteiger partial charge on any atom is 0.410 e. The van der Waals surface area contributed by atoms with Crippen LogP contribution < -0.4 is 4.74 Å². The van der Waals surface area contributed by atoms with Gasteiger partial charge in [0.15, 0.2) is 0 Å². The molecule has 28 heavy (non-hydrogen) atoms. The lowest BCUT2D eigenvalue weighted by Gasteiger charge is -2.36. The molecule has 1 aliphatic rings. The molecule has 1 saturated heterocycles. The van der Waals surface area contributed by atoms with Gasteiger partial charge in [-0.3, -0.25) is 10.1 Å². The largest absolute Gasteiger partial charge is 0.474 e. The van der Waals surface area contributed by atoms with Crippen LogP contribution in [-0.2, 0) is 4.74 Å². The van der Waals surface area contributed by atoms with Gasteiger partial charge in [0.05, 0.1) is 28.2 Å². The van der Waals surface area contributed by atoms with Crippen LogP contribution in [0, 0.1) is 10.1 Å². The van der Waals surface area contributed by atoms with E-state index in [1.807, 2.05) is 20.8 Å². The topological polar surface area (TPSA) is 108 Å². The maximum absolute atomic E-state index is 12.5. The van der Waals surface area contributed by atoms with E-state index < -0.39 is 10.5 Å². The Morgan fingerprint density at radius 2 is 2.11 bits per heavy atom. The van der Waals surface area contributed by atoms with Crippen molar-refractivity contribution in [3.05, 3.63) is 34.5 Å². The summed E-state index contributed by atoms with van der Waals surface area (Å²) in [6.07, 6.45) is 3.88. The van der Waals surface area contributed by atoms with Crippen molar-refractivity contribution in [2.45, 2.75) is 51.7 Å². The van der Waals surface area contributed by atoms with Gasteiger partial charge in [-0.1, -0.05) is 0 Å². The van der Waals surface area contributed by atoms with Gasteiger partial charge in [0.2, 0.25) is 5.88 Å². The summed E-state index contributed by atoms with van der Waals surface area (Å²) in [5.41, 5.74) is 0.350. The summed E-state index contributed by atoms with van der Waals surface area (Å²) < 4.78 is 11.3. The highest BCUT2D eigenvalue weighted by Gasteiger charge is 2.31. The van der Waals surface area contributed by atoms with Crippen molar-refractivity contribution in [1.29, 1.82) is 0 Å². The lowest BCUT2D eigenvalue weighted by molar-refractivity contribution is -0.384. The summed E-state index contributed by atoms with van der Waals surface area (Å²) >= 11 is 0. The molecule has 1 aromatic carbocycles. The first kappa shape index (κ1) is 19.8. The Morgan fingerprint density at radius 1 is 1.32 bits per heavy atom. The summed E-state index contributed by atoms with van der Waals surface area (Å²) in [4.78, 5) is 33.1. The third-order valence-corrected chi connectivity index (χ3v) is 4.39. The average Bonchev–Trinajstić information content (AvgIpc) is 2.64. The Hall–Kier alpha value is -2.97. The number of non-ortho nitro benzene ring substituents is 1. The van der Waals surface area contributed by atoms with Gasteiger partial charge in [0.25, 0.3) is 5.69 Å². The number of benzene rings is 1. The van der Waals surface area contributed by atoms with Gasteiger partial charge < -0.3 is 14.4 Å². The van der Waals surface area contributed by atoms with Gasteiger partial charge in [0, 0.05) is 18.7 Å². The predicted octanol–water partition coefficient (Wildman–Crippen LogP) is 3.71. The van der Waals surface area contributed by atoms with Gasteiger partial charge >= 0.3 is 6.09 Å². The van der Waals surface area contributed by atoms with Crippen molar-refractivity contribution in [2.24, 2.45) is 0 Å². The van der Waals surface area contributed by atoms with Crippen LogP contribution in [0.15, 0.2) is 24.4 Å². The molecule has 0 radical (unpaired) electrons. The number of rotatable bonds is 4. The molecule has 150 valence electrons. The Bertz CT molecular complexity index is 880. The first-order valence-corrected chi connectivity index (χ1v) is 9.26. The molecule has 0 aliphatic carbocycles. The van der Waals surface area contributed by atoms with E-state index in [1.54, 1.807) is 11.0 Å². The van der Waals surface area contributed by atoms with Gasteiger partial charge in [-0.05, 0) is 46.1 Å². The van der Waals surface area contributed by atoms with Crippen LogP contribution in [0.4, 0.5) is 10.5 Å². The van der Waals surface area contributed by atoms with Crippen LogP contribution in [0.1, 0.15) is 40.0 Å². The molecule has 0 unspecified atom stereocenters. The number of nitrogens with zero attached hydrogens (tertiary/aromatic N) is 4. The third kappa shape index (κ3) is 4.85. The summed E-state index contributed by atoms with van der Waals surface area (Å²) in [6.45, 7) is 6.45. The zero-order valence-corrected chi connectivity index (χ0v) is 16.3. The summed E-state index contributed by atoms with van der Waals surface area (Å²) in [5.74, 6) is 0.316. The van der Waals surface area contributed by atoms with E-state index in [1.165, 1.54) is 18.3 Å². The summed E-state index contributed by atoms with van der Waals surface area (Å²) in [5, 5.41) is 10.9. The van der Waals surface area contributed by atoms with E-state index in [0.717, 1.165) is 19.3 Å². The van der Waals surface area contributed by atoms with E-state index in [4.69, 9.17) is 9.47 Å². The van der Waals surface area contributed by atoms with E-state index in [2.05, 4.69) is 9.97 Å². The number of amides is 1. The lowest BCUT2D eigenvalue weighted by atomic mass is 10.0. The molecule has 2 heterocycles. The van der Waals surface area contributed by atoms with Crippen molar-refractivity contribution in [3.8, 4) is 5.88 Å². The third-order valence-electron chi connectivity index (χ3n) is 4.39. The highest BCUT2D eigenvalue weighted by molar-refractivity contribution is 5.77. The number of aromatic nitrogens is 2. The Balaban J connectivity index is 1.68. The first-order chi connectivity index (χ1) is 13.2. The van der Waals surface area contributed by atoms with Crippen LogP contribution >= 0.6 is 0 Å². The molecule has 0 N–H and O–H groups in total. The van der Waals surface area contributed by atoms with Crippen molar-refractivity contribution in [2.75, 3.05) is 13.2 Å². The molecule has 0 spiro atoms. The van der Waals surface area contributed by atoms with Gasteiger partial charge in [0.1, 0.15) is 12.2 Å². The molecule has 2 aromatic rings. The van der Waals surface area contributed by atoms with Crippen LogP contribution in [0.25, 0.3) is 11.0 Å². The van der Waals surface area contributed by atoms with E-state index in [0.29, 0.717) is 23.5 Å². The predicted molar refractivity (Wildman–Crippen MR) is 102 cm³/mol. The van der Waals surface area contributed by atoms with Crippen molar-refractivity contribution in [3.63, 3.8) is 0 Å². The first-order valence-electron chi connectivity index (χ1n) is 9.26. The number of ether oxygens (including phenoxy) is 2. The fourth-order valence-corrected chi connectivity index (χ4v) is 3.08. The molecule has 3 rings (SSSR count). The monoisotopic (exact) mass is 388 g/mol. The molecule has 9 heteroatoms. The number of piperidine rings is 1. The number of carbonyl (C=O) groups is 1. The molecule has 1 fully saturated rings. The summed E-state index contributed by atoms with van der Waals surface area (Å²) in [6, 6.07) is 4.20. The van der Waals surface area contributed by atoms with Crippen LogP contribution in [0.5, 0.6) is 5.88 Å². The number of carbonyl (C=O) groups excluding carboxylic acids is 1. The van der Waals surface area contributed by atoms with Crippen LogP contribution in [-0.4, -0.2) is 50.7 Å². The summed E-state index contributed by atoms with van der Waals surface area (Å²) in [7, 11) is 0. The zero-order chi connectivity index (χ0) is 20.3. The quantitative estimate of drug-likeness (QED) is 0.580. The molecule has 1 amide bonds. The van der Waals surface area contributed by atoms with Gasteiger partial charge in [-0.2, -0.15) is 0 Å². The number of fused-ring (bicyclic) bond motifs is 1. The van der Waals surface area contributed by atoms with E-state index in [9.17, 15) is 14.9 Å². The Morgan fingerprint density at radius 3 is 2.82 bits per heavy atom. The van der Waals surface area contributed by atoms with Gasteiger partial charge in [-0.25, -0.2) is 14.8 Å². The van der Waals surface area contributed by atoms with Crippen LogP contribution in [0.2, 0.25) is 0 Å². The minimum Gasteiger partial charge on any atom is -0.474 e. The molecule has 1 aliphatic heterocycles. The number of hydrogen-bond donors (Lipinski definition) is 0. The second kappa shape index (κ2) is 7.95. The molecule has 0 bridgehead atoms. The molecule has 1 atom stereocenters. The van der Waals surface area contributed by atoms with Crippen molar-refractivity contribution >= 4 is 22.8 Å². The molecular weight excluding hydrogens is 364 g/mol. The van der Waals surface area contributed by atoms with Crippen molar-refractivity contribution < 1.29 is 19.2 Å². The standard InChI is InChI=1S/C19H24N4O5/c1-19(2,3)28-18(24)22-9-5-4-6-14(22)12-27-17-11-20-16-10-13(23(25)26)7-8-15(16)21-17/h7-8,10-11,14H,4-6,9,12H2,1-3H3/t14-/m0/s1. The molecular formula is C19H24N4O5. The van der Waals surface area contributed by atoms with Crippen LogP contribution in [0.3, 0.4) is 0 Å². The Labute approximate surface area is 162 Å². The number of likely N-dealkylation sites (tertiary alicyclic amines) is 1. The number of nitro groups is 1. The van der Waals surface area contributed by atoms with E-state index in [-0.39, 0.29) is 24.4 Å².